The van der Waals surface area contributed by atoms with E-state index < -0.39 is 0 Å². The first-order valence-electron chi connectivity index (χ1n) is 6.98. The Hall–Kier alpha value is -2.40. The quantitative estimate of drug-likeness (QED) is 0.862. The molecule has 110 valence electrons. The van der Waals surface area contributed by atoms with Crippen molar-refractivity contribution in [3.8, 4) is 5.75 Å². The fraction of sp³-hybridized carbons (Fsp3) is 0.118. The minimum atomic E-state index is -0.0640. The third-order valence-corrected chi connectivity index (χ3v) is 4.87. The summed E-state index contributed by atoms with van der Waals surface area (Å²) >= 11 is 1.53. The van der Waals surface area contributed by atoms with Crippen molar-refractivity contribution in [1.82, 2.24) is 0 Å². The molecule has 0 saturated carbocycles. The molecule has 2 aliphatic heterocycles. The summed E-state index contributed by atoms with van der Waals surface area (Å²) in [4.78, 5) is 15.2. The van der Waals surface area contributed by atoms with Gasteiger partial charge in [0.25, 0.3) is 5.91 Å². The predicted octanol–water partition coefficient (Wildman–Crippen LogP) is 3.53. The van der Waals surface area contributed by atoms with Crippen LogP contribution >= 0.6 is 11.8 Å². The van der Waals surface area contributed by atoms with Crippen LogP contribution in [-0.2, 0) is 4.79 Å². The van der Waals surface area contributed by atoms with E-state index in [0.717, 1.165) is 27.6 Å². The lowest BCUT2D eigenvalue weighted by Gasteiger charge is -2.12. The maximum absolute atomic E-state index is 12.7. The number of hydrogen-bond donors (Lipinski definition) is 1. The maximum atomic E-state index is 12.7. The second-order valence-electron chi connectivity index (χ2n) is 5.06. The highest BCUT2D eigenvalue weighted by atomic mass is 32.2. The standard InChI is InChI=1S/C17H14N2O2S/c1-21-14-9-5-2-6-11(14)10-15-16(20)19-13-8-4-3-7-12(13)18-17(19)22-15/h2-10,17-18H,1H3/b15-10-/t17-/m1/s1. The van der Waals surface area contributed by atoms with Crippen LogP contribution in [0, 0.1) is 0 Å². The monoisotopic (exact) mass is 310 g/mol. The fourth-order valence-corrected chi connectivity index (χ4v) is 3.88. The first kappa shape index (κ1) is 13.3. The molecular weight excluding hydrogens is 296 g/mol. The van der Waals surface area contributed by atoms with Crippen LogP contribution in [0.4, 0.5) is 11.4 Å². The summed E-state index contributed by atoms with van der Waals surface area (Å²) in [6.45, 7) is 0. The van der Waals surface area contributed by atoms with Crippen molar-refractivity contribution < 1.29 is 9.53 Å². The Labute approximate surface area is 132 Å². The first-order valence-corrected chi connectivity index (χ1v) is 7.86. The molecule has 1 amide bonds. The number of hydrogen-bond acceptors (Lipinski definition) is 4. The van der Waals surface area contributed by atoms with Gasteiger partial charge in [0.2, 0.25) is 0 Å². The molecule has 2 aliphatic rings. The maximum Gasteiger partial charge on any atom is 0.267 e. The number of nitrogens with one attached hydrogen (secondary N) is 1. The molecule has 1 saturated heterocycles. The number of methoxy groups -OCH3 is 1. The van der Waals surface area contributed by atoms with Gasteiger partial charge in [0.15, 0.2) is 5.50 Å². The summed E-state index contributed by atoms with van der Waals surface area (Å²) < 4.78 is 5.35. The van der Waals surface area contributed by atoms with Gasteiger partial charge in [0.1, 0.15) is 5.75 Å². The fourth-order valence-electron chi connectivity index (χ4n) is 2.74. The van der Waals surface area contributed by atoms with Gasteiger partial charge in [-0.3, -0.25) is 9.69 Å². The largest absolute Gasteiger partial charge is 0.496 e. The molecule has 1 fully saturated rings. The Morgan fingerprint density at radius 2 is 1.95 bits per heavy atom. The molecule has 22 heavy (non-hydrogen) atoms. The molecule has 0 aliphatic carbocycles. The number of carbonyl (C=O) groups is 1. The Morgan fingerprint density at radius 1 is 1.18 bits per heavy atom. The van der Waals surface area contributed by atoms with Crippen molar-refractivity contribution >= 4 is 35.1 Å². The van der Waals surface area contributed by atoms with E-state index in [1.807, 2.05) is 54.6 Å². The van der Waals surface area contributed by atoms with E-state index in [4.69, 9.17) is 4.74 Å². The van der Waals surface area contributed by atoms with E-state index in [1.165, 1.54) is 11.8 Å². The lowest BCUT2D eigenvalue weighted by Crippen LogP contribution is -2.31. The van der Waals surface area contributed by atoms with Gasteiger partial charge < -0.3 is 10.1 Å². The molecule has 0 unspecified atom stereocenters. The van der Waals surface area contributed by atoms with Crippen LogP contribution in [0.3, 0.4) is 0 Å². The zero-order valence-corrected chi connectivity index (χ0v) is 12.8. The first-order chi connectivity index (χ1) is 10.8. The van der Waals surface area contributed by atoms with Gasteiger partial charge in [-0.1, -0.05) is 42.1 Å². The number of ether oxygens (including phenoxy) is 1. The number of anilines is 2. The van der Waals surface area contributed by atoms with Gasteiger partial charge in [-0.2, -0.15) is 0 Å². The van der Waals surface area contributed by atoms with E-state index >= 15 is 0 Å². The Morgan fingerprint density at radius 3 is 2.82 bits per heavy atom. The van der Waals surface area contributed by atoms with Crippen LogP contribution in [0.5, 0.6) is 5.75 Å². The van der Waals surface area contributed by atoms with Crippen LogP contribution < -0.4 is 15.0 Å². The molecule has 0 bridgehead atoms. The van der Waals surface area contributed by atoms with E-state index in [1.54, 1.807) is 12.0 Å². The average molecular weight is 310 g/mol. The number of carbonyl (C=O) groups excluding carboxylic acids is 1. The lowest BCUT2D eigenvalue weighted by atomic mass is 10.2. The summed E-state index contributed by atoms with van der Waals surface area (Å²) in [7, 11) is 1.64. The van der Waals surface area contributed by atoms with Crippen LogP contribution in [0.15, 0.2) is 53.4 Å². The third-order valence-electron chi connectivity index (χ3n) is 3.77. The zero-order chi connectivity index (χ0) is 15.1. The molecule has 5 heteroatoms. The number of thioether (sulfide) groups is 1. The number of benzene rings is 2. The van der Waals surface area contributed by atoms with Crippen molar-refractivity contribution in [2.75, 3.05) is 17.3 Å². The van der Waals surface area contributed by atoms with E-state index in [2.05, 4.69) is 5.32 Å². The highest BCUT2D eigenvalue weighted by Crippen LogP contribution is 2.47. The topological polar surface area (TPSA) is 41.6 Å². The van der Waals surface area contributed by atoms with Crippen LogP contribution in [-0.4, -0.2) is 18.5 Å². The SMILES string of the molecule is COc1ccccc1/C=C1\S[C@@H]2Nc3ccccc3N2C1=O. The molecule has 0 radical (unpaired) electrons. The van der Waals surface area contributed by atoms with Gasteiger partial charge in [-0.05, 0) is 24.3 Å². The van der Waals surface area contributed by atoms with Gasteiger partial charge in [-0.15, -0.1) is 0 Å². The van der Waals surface area contributed by atoms with Crippen molar-refractivity contribution in [3.05, 3.63) is 59.0 Å². The molecule has 1 atom stereocenters. The molecule has 2 aromatic carbocycles. The molecule has 0 spiro atoms. The van der Waals surface area contributed by atoms with Crippen LogP contribution in [0.25, 0.3) is 6.08 Å². The summed E-state index contributed by atoms with van der Waals surface area (Å²) in [6, 6.07) is 15.6. The highest BCUT2D eigenvalue weighted by molar-refractivity contribution is 8.05. The third kappa shape index (κ3) is 1.97. The number of fused-ring (bicyclic) bond motifs is 3. The average Bonchev–Trinajstić information content (AvgIpc) is 3.05. The van der Waals surface area contributed by atoms with E-state index in [-0.39, 0.29) is 11.4 Å². The van der Waals surface area contributed by atoms with Gasteiger partial charge >= 0.3 is 0 Å². The van der Waals surface area contributed by atoms with Crippen LogP contribution in [0.1, 0.15) is 5.56 Å². The van der Waals surface area contributed by atoms with Gasteiger partial charge in [0.05, 0.1) is 23.4 Å². The molecule has 1 N–H and O–H groups in total. The number of amides is 1. The van der Waals surface area contributed by atoms with Gasteiger partial charge in [0, 0.05) is 5.56 Å². The number of rotatable bonds is 2. The smallest absolute Gasteiger partial charge is 0.267 e. The van der Waals surface area contributed by atoms with Gasteiger partial charge in [-0.25, -0.2) is 0 Å². The van der Waals surface area contributed by atoms with Crippen molar-refractivity contribution in [2.45, 2.75) is 5.50 Å². The molecule has 4 nitrogen and oxygen atoms in total. The summed E-state index contributed by atoms with van der Waals surface area (Å²) in [5.41, 5.74) is 2.79. The summed E-state index contributed by atoms with van der Waals surface area (Å²) in [6.07, 6.45) is 1.90. The van der Waals surface area contributed by atoms with Crippen molar-refractivity contribution in [3.63, 3.8) is 0 Å². The second-order valence-corrected chi connectivity index (χ2v) is 6.18. The van der Waals surface area contributed by atoms with Crippen molar-refractivity contribution in [2.24, 2.45) is 0 Å². The summed E-state index contributed by atoms with van der Waals surface area (Å²) in [5.74, 6) is 0.794. The van der Waals surface area contributed by atoms with Crippen molar-refractivity contribution in [1.29, 1.82) is 0 Å². The predicted molar refractivity (Wildman–Crippen MR) is 89.9 cm³/mol. The molecule has 0 aromatic heterocycles. The normalized spacial score (nSPS) is 20.8. The molecule has 2 aromatic rings. The molecule has 4 rings (SSSR count). The Balaban J connectivity index is 1.70. The number of para-hydroxylation sites is 3. The lowest BCUT2D eigenvalue weighted by molar-refractivity contribution is -0.114. The van der Waals surface area contributed by atoms with E-state index in [0.29, 0.717) is 0 Å². The Bertz CT molecular complexity index is 788. The minimum Gasteiger partial charge on any atom is -0.496 e. The number of nitrogens with zero attached hydrogens (tertiary/aromatic N) is 1. The Kier molecular flexibility index (Phi) is 3.08. The summed E-state index contributed by atoms with van der Waals surface area (Å²) in [5, 5.41) is 3.37. The van der Waals surface area contributed by atoms with Crippen LogP contribution in [0.2, 0.25) is 0 Å². The molecular formula is C17H14N2O2S. The van der Waals surface area contributed by atoms with E-state index in [9.17, 15) is 4.79 Å². The second kappa shape index (κ2) is 5.10. The minimum absolute atomic E-state index is 0.0263. The highest BCUT2D eigenvalue weighted by Gasteiger charge is 2.42. The molecule has 2 heterocycles. The zero-order valence-electron chi connectivity index (χ0n) is 11.9.